The molecule has 0 unspecified atom stereocenters. The lowest BCUT2D eigenvalue weighted by atomic mass is 10.1. The van der Waals surface area contributed by atoms with E-state index in [1.165, 1.54) is 11.1 Å². The Morgan fingerprint density at radius 3 is 2.38 bits per heavy atom. The highest BCUT2D eigenvalue weighted by atomic mass is 14.0. The van der Waals surface area contributed by atoms with Crippen molar-refractivity contribution in [3.8, 4) is 11.1 Å². The maximum Gasteiger partial charge on any atom is 0.0321 e. The molecule has 2 rings (SSSR count). The van der Waals surface area contributed by atoms with Crippen LogP contribution in [0.15, 0.2) is 42.5 Å². The summed E-state index contributed by atoms with van der Waals surface area (Å²) in [4.78, 5) is 0. The average molecular weight is 166 g/mol. The lowest BCUT2D eigenvalue weighted by Crippen LogP contribution is -1.75. The SMILES string of the molecule is Cc1ccc(-c2c#cccc2)cc1. The summed E-state index contributed by atoms with van der Waals surface area (Å²) in [6.07, 6.45) is 0. The average Bonchev–Trinajstić information content (AvgIpc) is 2.20. The monoisotopic (exact) mass is 166 g/mol. The van der Waals surface area contributed by atoms with Crippen molar-refractivity contribution in [2.45, 2.75) is 6.92 Å². The van der Waals surface area contributed by atoms with Gasteiger partial charge in [0.05, 0.1) is 0 Å². The van der Waals surface area contributed by atoms with Crippen LogP contribution in [0.25, 0.3) is 11.1 Å². The Bertz CT molecular complexity index is 371. The lowest BCUT2D eigenvalue weighted by molar-refractivity contribution is 1.47. The van der Waals surface area contributed by atoms with Crippen LogP contribution < -0.4 is 0 Å². The van der Waals surface area contributed by atoms with E-state index in [4.69, 9.17) is 0 Å². The van der Waals surface area contributed by atoms with Gasteiger partial charge >= 0.3 is 0 Å². The van der Waals surface area contributed by atoms with Gasteiger partial charge in [0.15, 0.2) is 0 Å². The predicted molar refractivity (Wildman–Crippen MR) is 54.3 cm³/mol. The zero-order valence-electron chi connectivity index (χ0n) is 7.54. The molecule has 2 aromatic carbocycles. The fourth-order valence-electron chi connectivity index (χ4n) is 1.26. The first-order chi connectivity index (χ1) is 6.36. The Kier molecular flexibility index (Phi) is 2.02. The second-order valence-electron chi connectivity index (χ2n) is 3.07. The zero-order valence-corrected chi connectivity index (χ0v) is 7.54. The van der Waals surface area contributed by atoms with E-state index in [9.17, 15) is 0 Å². The molecule has 0 spiro atoms. The van der Waals surface area contributed by atoms with E-state index in [0.29, 0.717) is 0 Å². The summed E-state index contributed by atoms with van der Waals surface area (Å²) in [6, 6.07) is 20.3. The van der Waals surface area contributed by atoms with Crippen LogP contribution in [0.1, 0.15) is 5.56 Å². The van der Waals surface area contributed by atoms with Crippen LogP contribution in [0.3, 0.4) is 0 Å². The van der Waals surface area contributed by atoms with Crippen molar-refractivity contribution in [3.63, 3.8) is 0 Å². The molecule has 0 heterocycles. The Labute approximate surface area is 78.9 Å². The molecule has 0 heteroatoms. The van der Waals surface area contributed by atoms with Gasteiger partial charge in [-0.2, -0.15) is 0 Å². The van der Waals surface area contributed by atoms with E-state index in [-0.39, 0.29) is 0 Å². The molecule has 0 N–H and O–H groups in total. The van der Waals surface area contributed by atoms with E-state index >= 15 is 0 Å². The van der Waals surface area contributed by atoms with Crippen LogP contribution in [-0.4, -0.2) is 0 Å². The van der Waals surface area contributed by atoms with E-state index in [0.717, 1.165) is 5.56 Å². The van der Waals surface area contributed by atoms with E-state index in [2.05, 4.69) is 43.3 Å². The quantitative estimate of drug-likeness (QED) is 0.610. The van der Waals surface area contributed by atoms with Gasteiger partial charge in [0, 0.05) is 5.56 Å². The van der Waals surface area contributed by atoms with Crippen LogP contribution >= 0.6 is 0 Å². The minimum absolute atomic E-state index is 1.10. The van der Waals surface area contributed by atoms with Crippen LogP contribution in [0.5, 0.6) is 0 Å². The topological polar surface area (TPSA) is 0 Å². The molecule has 0 aromatic heterocycles. The molecule has 13 heavy (non-hydrogen) atoms. The number of benzene rings is 1. The van der Waals surface area contributed by atoms with Gasteiger partial charge in [0.1, 0.15) is 0 Å². The summed E-state index contributed by atoms with van der Waals surface area (Å²) in [5, 5.41) is 0. The van der Waals surface area contributed by atoms with Gasteiger partial charge < -0.3 is 0 Å². The number of rotatable bonds is 1. The summed E-state index contributed by atoms with van der Waals surface area (Å²) in [5.41, 5.74) is 3.58. The lowest BCUT2D eigenvalue weighted by Gasteiger charge is -1.97. The standard InChI is InChI=1S/C13H10/c1-11-7-9-13(10-8-11)12-5-3-2-4-6-12/h2-3,5,7-10H,1H3. The summed E-state index contributed by atoms with van der Waals surface area (Å²) < 4.78 is 0. The van der Waals surface area contributed by atoms with Gasteiger partial charge in [0.2, 0.25) is 0 Å². The van der Waals surface area contributed by atoms with Gasteiger partial charge in [-0.3, -0.25) is 0 Å². The van der Waals surface area contributed by atoms with Crippen molar-refractivity contribution >= 4 is 0 Å². The maximum absolute atomic E-state index is 3.08. The zero-order chi connectivity index (χ0) is 9.10. The highest BCUT2D eigenvalue weighted by molar-refractivity contribution is 5.61. The van der Waals surface area contributed by atoms with Gasteiger partial charge in [-0.25, -0.2) is 0 Å². The Morgan fingerprint density at radius 2 is 1.77 bits per heavy atom. The fraction of sp³-hybridized carbons (Fsp3) is 0.0769. The van der Waals surface area contributed by atoms with Crippen molar-refractivity contribution in [1.29, 1.82) is 0 Å². The third-order valence-electron chi connectivity index (χ3n) is 2.01. The molecular formula is C13H10. The molecular weight excluding hydrogens is 156 g/mol. The fourth-order valence-corrected chi connectivity index (χ4v) is 1.26. The van der Waals surface area contributed by atoms with Crippen molar-refractivity contribution in [2.24, 2.45) is 0 Å². The molecule has 0 atom stereocenters. The van der Waals surface area contributed by atoms with E-state index in [1.54, 1.807) is 0 Å². The first-order valence-corrected chi connectivity index (χ1v) is 4.32. The first kappa shape index (κ1) is 7.89. The number of aryl methyl sites for hydroxylation is 1. The summed E-state index contributed by atoms with van der Waals surface area (Å²) in [6.45, 7) is 2.09. The minimum atomic E-state index is 1.10. The maximum atomic E-state index is 3.08. The molecule has 0 nitrogen and oxygen atoms in total. The molecule has 0 aliphatic rings. The van der Waals surface area contributed by atoms with E-state index < -0.39 is 0 Å². The molecule has 62 valence electrons. The Hall–Kier alpha value is -1.74. The third-order valence-corrected chi connectivity index (χ3v) is 2.01. The van der Waals surface area contributed by atoms with Crippen molar-refractivity contribution in [1.82, 2.24) is 0 Å². The molecule has 0 saturated carbocycles. The van der Waals surface area contributed by atoms with Crippen molar-refractivity contribution in [3.05, 3.63) is 60.2 Å². The molecule has 0 bridgehead atoms. The highest BCUT2D eigenvalue weighted by Crippen LogP contribution is 2.16. The van der Waals surface area contributed by atoms with Crippen molar-refractivity contribution in [2.75, 3.05) is 0 Å². The first-order valence-electron chi connectivity index (χ1n) is 4.32. The third kappa shape index (κ3) is 1.71. The van der Waals surface area contributed by atoms with Crippen LogP contribution in [0, 0.1) is 19.1 Å². The Balaban J connectivity index is 2.42. The van der Waals surface area contributed by atoms with Gasteiger partial charge in [-0.05, 0) is 24.6 Å². The molecule has 2 aromatic rings. The molecule has 0 aliphatic carbocycles. The van der Waals surface area contributed by atoms with Gasteiger partial charge in [-0.1, -0.05) is 48.0 Å². The number of hydrogen-bond acceptors (Lipinski definition) is 0. The normalized spacial score (nSPS) is 9.31. The van der Waals surface area contributed by atoms with Gasteiger partial charge in [-0.15, -0.1) is 0 Å². The molecule has 0 saturated heterocycles. The summed E-state index contributed by atoms with van der Waals surface area (Å²) >= 11 is 0. The minimum Gasteiger partial charge on any atom is -0.0696 e. The van der Waals surface area contributed by atoms with Crippen LogP contribution in [-0.2, 0) is 0 Å². The van der Waals surface area contributed by atoms with Crippen LogP contribution in [0.2, 0.25) is 0 Å². The molecule has 0 amide bonds. The van der Waals surface area contributed by atoms with E-state index in [1.807, 2.05) is 18.2 Å². The summed E-state index contributed by atoms with van der Waals surface area (Å²) in [7, 11) is 0. The summed E-state index contributed by atoms with van der Waals surface area (Å²) in [5.74, 6) is 0. The number of hydrogen-bond donors (Lipinski definition) is 0. The molecule has 0 fully saturated rings. The molecule has 0 aliphatic heterocycles. The second-order valence-corrected chi connectivity index (χ2v) is 3.07. The largest absolute Gasteiger partial charge is 0.0696 e. The van der Waals surface area contributed by atoms with Crippen LogP contribution in [0.4, 0.5) is 0 Å². The Morgan fingerprint density at radius 1 is 1.00 bits per heavy atom. The second kappa shape index (κ2) is 3.33. The highest BCUT2D eigenvalue weighted by Gasteiger charge is 1.93. The molecule has 0 radical (unpaired) electrons. The predicted octanol–water partition coefficient (Wildman–Crippen LogP) is 3.26. The smallest absolute Gasteiger partial charge is 0.0321 e. The van der Waals surface area contributed by atoms with Gasteiger partial charge in [0.25, 0.3) is 0 Å². The van der Waals surface area contributed by atoms with Crippen molar-refractivity contribution < 1.29 is 0 Å².